The zero-order valence-corrected chi connectivity index (χ0v) is 11.5. The van der Waals surface area contributed by atoms with Gasteiger partial charge in [0.2, 0.25) is 0 Å². The molecular weight excluding hydrogens is 269 g/mol. The van der Waals surface area contributed by atoms with Gasteiger partial charge in [0.15, 0.2) is 5.44 Å². The predicted octanol–water partition coefficient (Wildman–Crippen LogP) is -2.17. The van der Waals surface area contributed by atoms with Crippen molar-refractivity contribution >= 4 is 10.1 Å². The Morgan fingerprint density at radius 2 is 1.82 bits per heavy atom. The Bertz CT molecular complexity index is 465. The summed E-state index contributed by atoms with van der Waals surface area (Å²) >= 11 is 0. The fourth-order valence-electron chi connectivity index (χ4n) is 1.04. The molecule has 0 radical (unpaired) electrons. The van der Waals surface area contributed by atoms with Gasteiger partial charge in [-0.15, -0.1) is 0 Å². The van der Waals surface area contributed by atoms with Crippen molar-refractivity contribution in [1.29, 1.82) is 0 Å². The van der Waals surface area contributed by atoms with Crippen LogP contribution in [0, 0.1) is 0 Å². The van der Waals surface area contributed by atoms with E-state index in [1.54, 1.807) is 0 Å². The fraction of sp³-hybridized carbons (Fsp3) is 0.250. The molecular formula is C8H7F2NaO5S. The molecule has 0 bridgehead atoms. The second-order valence-electron chi connectivity index (χ2n) is 2.76. The van der Waals surface area contributed by atoms with Crippen molar-refractivity contribution in [3.63, 3.8) is 0 Å². The molecule has 9 heteroatoms. The Labute approximate surface area is 118 Å². The van der Waals surface area contributed by atoms with Gasteiger partial charge in [0, 0.05) is 5.56 Å². The minimum atomic E-state index is -5.03. The largest absolute Gasteiger partial charge is 1.00 e. The summed E-state index contributed by atoms with van der Waals surface area (Å²) in [6.45, 7) is -3.18. The van der Waals surface area contributed by atoms with Crippen LogP contribution in [0.15, 0.2) is 24.3 Å². The van der Waals surface area contributed by atoms with Gasteiger partial charge in [-0.25, -0.2) is 8.42 Å². The summed E-state index contributed by atoms with van der Waals surface area (Å²) in [7, 11) is -5.03. The molecule has 0 aliphatic carbocycles. The zero-order valence-electron chi connectivity index (χ0n) is 8.71. The smallest absolute Gasteiger partial charge is 0.746 e. The summed E-state index contributed by atoms with van der Waals surface area (Å²) in [5.74, 6) is -0.551. The van der Waals surface area contributed by atoms with Crippen molar-refractivity contribution in [2.24, 2.45) is 0 Å². The fourth-order valence-corrected chi connectivity index (χ4v) is 1.55. The minimum absolute atomic E-state index is 0. The molecule has 1 atom stereocenters. The molecule has 0 saturated heterocycles. The molecule has 1 aromatic carbocycles. The van der Waals surface area contributed by atoms with Crippen LogP contribution < -0.4 is 34.3 Å². The average molecular weight is 276 g/mol. The molecule has 5 nitrogen and oxygen atoms in total. The molecule has 1 rings (SSSR count). The number of aliphatic hydroxyl groups excluding tert-OH is 1. The molecule has 0 aliphatic heterocycles. The van der Waals surface area contributed by atoms with Crippen LogP contribution in [0.5, 0.6) is 5.75 Å². The molecule has 17 heavy (non-hydrogen) atoms. The van der Waals surface area contributed by atoms with Crippen molar-refractivity contribution in [1.82, 2.24) is 0 Å². The van der Waals surface area contributed by atoms with Crippen LogP contribution in [0.25, 0.3) is 0 Å². The number of benzene rings is 1. The van der Waals surface area contributed by atoms with Gasteiger partial charge in [-0.3, -0.25) is 0 Å². The topological polar surface area (TPSA) is 86.7 Å². The van der Waals surface area contributed by atoms with E-state index >= 15 is 0 Å². The van der Waals surface area contributed by atoms with Crippen molar-refractivity contribution < 1.29 is 61.2 Å². The summed E-state index contributed by atoms with van der Waals surface area (Å²) in [6.07, 6.45) is 0. The van der Waals surface area contributed by atoms with Crippen molar-refractivity contribution in [3.05, 3.63) is 29.8 Å². The quantitative estimate of drug-likeness (QED) is 0.499. The van der Waals surface area contributed by atoms with Gasteiger partial charge in [0.25, 0.3) is 0 Å². The number of para-hydroxylation sites is 1. The molecule has 1 N–H and O–H groups in total. The van der Waals surface area contributed by atoms with E-state index in [4.69, 9.17) is 5.11 Å². The Hall–Kier alpha value is -0.250. The van der Waals surface area contributed by atoms with Crippen molar-refractivity contribution in [2.75, 3.05) is 0 Å². The Balaban J connectivity index is 0.00000256. The zero-order chi connectivity index (χ0) is 12.3. The van der Waals surface area contributed by atoms with Gasteiger partial charge in [-0.1, -0.05) is 18.2 Å². The van der Waals surface area contributed by atoms with Gasteiger partial charge in [-0.05, 0) is 6.07 Å². The summed E-state index contributed by atoms with van der Waals surface area (Å²) in [5, 5.41) is 9.13. The van der Waals surface area contributed by atoms with E-state index in [0.29, 0.717) is 0 Å². The maximum atomic E-state index is 11.9. The van der Waals surface area contributed by atoms with Crippen LogP contribution in [0.2, 0.25) is 0 Å². The van der Waals surface area contributed by atoms with Gasteiger partial charge in [0.1, 0.15) is 15.9 Å². The third-order valence-corrected chi connectivity index (χ3v) is 2.48. The van der Waals surface area contributed by atoms with Crippen LogP contribution >= 0.6 is 0 Å². The predicted molar refractivity (Wildman–Crippen MR) is 47.7 cm³/mol. The Morgan fingerprint density at radius 3 is 2.29 bits per heavy atom. The normalized spacial score (nSPS) is 13.0. The molecule has 90 valence electrons. The molecule has 0 saturated carbocycles. The first-order chi connectivity index (χ1) is 7.32. The van der Waals surface area contributed by atoms with Gasteiger partial charge in [0.05, 0.1) is 0 Å². The van der Waals surface area contributed by atoms with Crippen LogP contribution in [0.4, 0.5) is 8.78 Å². The van der Waals surface area contributed by atoms with E-state index in [-0.39, 0.29) is 29.6 Å². The average Bonchev–Trinajstić information content (AvgIpc) is 2.15. The van der Waals surface area contributed by atoms with E-state index in [9.17, 15) is 21.8 Å². The molecule has 0 fully saturated rings. The first-order valence-corrected chi connectivity index (χ1v) is 5.46. The molecule has 0 heterocycles. The number of alkyl halides is 2. The molecule has 1 aromatic rings. The maximum Gasteiger partial charge on any atom is 1.00 e. The number of ether oxygens (including phenoxy) is 1. The first kappa shape index (κ1) is 16.8. The molecule has 1 unspecified atom stereocenters. The maximum absolute atomic E-state index is 11.9. The monoisotopic (exact) mass is 276 g/mol. The molecule has 0 aromatic heterocycles. The summed E-state index contributed by atoms with van der Waals surface area (Å²) in [5.41, 5.74) is -2.94. The number of halogens is 2. The van der Waals surface area contributed by atoms with Crippen molar-refractivity contribution in [2.45, 2.75) is 12.0 Å². The summed E-state index contributed by atoms with van der Waals surface area (Å²) < 4.78 is 59.4. The van der Waals surface area contributed by atoms with E-state index < -0.39 is 33.5 Å². The SMILES string of the molecule is O=S(=O)([O-])C(O)c1ccccc1OC(F)F.[Na+]. The molecule has 0 aliphatic rings. The van der Waals surface area contributed by atoms with Crippen molar-refractivity contribution in [3.8, 4) is 5.75 Å². The number of aliphatic hydroxyl groups is 1. The third-order valence-electron chi connectivity index (χ3n) is 1.67. The van der Waals surface area contributed by atoms with Gasteiger partial charge < -0.3 is 14.4 Å². The van der Waals surface area contributed by atoms with E-state index in [1.807, 2.05) is 0 Å². The second kappa shape index (κ2) is 6.62. The summed E-state index contributed by atoms with van der Waals surface area (Å²) in [4.78, 5) is 0. The van der Waals surface area contributed by atoms with Crippen LogP contribution in [-0.4, -0.2) is 24.7 Å². The number of hydrogen-bond donors (Lipinski definition) is 1. The van der Waals surface area contributed by atoms with Gasteiger partial charge >= 0.3 is 36.2 Å². The van der Waals surface area contributed by atoms with Crippen LogP contribution in [0.1, 0.15) is 11.0 Å². The van der Waals surface area contributed by atoms with E-state index in [2.05, 4.69) is 4.74 Å². The Morgan fingerprint density at radius 1 is 1.29 bits per heavy atom. The van der Waals surface area contributed by atoms with E-state index in [1.165, 1.54) is 12.1 Å². The first-order valence-electron chi connectivity index (χ1n) is 3.99. The number of rotatable bonds is 4. The van der Waals surface area contributed by atoms with E-state index in [0.717, 1.165) is 12.1 Å². The Kier molecular flexibility index (Phi) is 6.52. The standard InChI is InChI=1S/C8H8F2O5S.Na/c9-8(10)15-6-4-2-1-3-5(6)7(11)16(12,13)14;/h1-4,7-8,11H,(H,12,13,14);/q;+1/p-1. The second-order valence-corrected chi connectivity index (χ2v) is 4.19. The molecule has 0 spiro atoms. The number of hydrogen-bond acceptors (Lipinski definition) is 5. The minimum Gasteiger partial charge on any atom is -0.746 e. The van der Waals surface area contributed by atoms with Gasteiger partial charge in [-0.2, -0.15) is 8.78 Å². The third kappa shape index (κ3) is 4.86. The van der Waals surface area contributed by atoms with Crippen LogP contribution in [-0.2, 0) is 10.1 Å². The van der Waals surface area contributed by atoms with Crippen LogP contribution in [0.3, 0.4) is 0 Å². The summed E-state index contributed by atoms with van der Waals surface area (Å²) in [6, 6.07) is 4.61. The molecule has 0 amide bonds.